The van der Waals surface area contributed by atoms with Gasteiger partial charge >= 0.3 is 6.09 Å². The maximum Gasteiger partial charge on any atom is 0.412 e. The molecular formula is C15H23ClN2O3. The van der Waals surface area contributed by atoms with E-state index in [1.165, 1.54) is 0 Å². The monoisotopic (exact) mass is 314 g/mol. The summed E-state index contributed by atoms with van der Waals surface area (Å²) in [4.78, 5) is 11.9. The molecule has 0 aliphatic heterocycles. The Morgan fingerprint density at radius 2 is 2.00 bits per heavy atom. The van der Waals surface area contributed by atoms with Gasteiger partial charge in [0.2, 0.25) is 0 Å². The Morgan fingerprint density at radius 1 is 1.38 bits per heavy atom. The van der Waals surface area contributed by atoms with Gasteiger partial charge in [-0.25, -0.2) is 4.79 Å². The number of hydrogen-bond acceptors (Lipinski definition) is 4. The predicted molar refractivity (Wildman–Crippen MR) is 84.7 cm³/mol. The first-order valence-electron chi connectivity index (χ1n) is 6.70. The summed E-state index contributed by atoms with van der Waals surface area (Å²) in [6.45, 7) is 6.92. The van der Waals surface area contributed by atoms with Crippen LogP contribution in [0.5, 0.6) is 0 Å². The first-order chi connectivity index (χ1) is 9.52. The van der Waals surface area contributed by atoms with Crippen LogP contribution in [0.2, 0.25) is 5.02 Å². The van der Waals surface area contributed by atoms with Crippen LogP contribution in [-0.2, 0) is 11.2 Å². The Balaban J connectivity index is 2.94. The number of aliphatic hydroxyl groups excluding tert-OH is 1. The smallest absolute Gasteiger partial charge is 0.412 e. The predicted octanol–water partition coefficient (Wildman–Crippen LogP) is 2.94. The van der Waals surface area contributed by atoms with E-state index in [0.717, 1.165) is 5.56 Å². The standard InChI is InChI=1S/C15H23ClN2O3/c1-14(2,3)21-13(20)18-12-6-5-11(16)7-10(12)8-15(4,17)9-19/h5-7,19H,8-9,17H2,1-4H3,(H,18,20). The Kier molecular flexibility index (Phi) is 5.61. The first kappa shape index (κ1) is 17.8. The second-order valence-corrected chi connectivity index (χ2v) is 6.85. The molecule has 1 aromatic rings. The van der Waals surface area contributed by atoms with Gasteiger partial charge in [0.05, 0.1) is 6.61 Å². The van der Waals surface area contributed by atoms with E-state index in [1.54, 1.807) is 45.9 Å². The van der Waals surface area contributed by atoms with Gasteiger partial charge in [-0.3, -0.25) is 5.32 Å². The van der Waals surface area contributed by atoms with Crippen LogP contribution in [0, 0.1) is 0 Å². The zero-order valence-corrected chi connectivity index (χ0v) is 13.6. The van der Waals surface area contributed by atoms with E-state index in [0.29, 0.717) is 17.1 Å². The van der Waals surface area contributed by atoms with Crippen LogP contribution in [0.4, 0.5) is 10.5 Å². The number of ether oxygens (including phenoxy) is 1. The summed E-state index contributed by atoms with van der Waals surface area (Å²) in [5, 5.41) is 12.5. The Labute approximate surface area is 130 Å². The van der Waals surface area contributed by atoms with E-state index in [1.807, 2.05) is 0 Å². The lowest BCUT2D eigenvalue weighted by Crippen LogP contribution is -2.42. The van der Waals surface area contributed by atoms with E-state index in [9.17, 15) is 9.90 Å². The summed E-state index contributed by atoms with van der Waals surface area (Å²) in [5.41, 5.74) is 5.90. The van der Waals surface area contributed by atoms with E-state index in [4.69, 9.17) is 22.1 Å². The number of aliphatic hydroxyl groups is 1. The number of carbonyl (C=O) groups is 1. The largest absolute Gasteiger partial charge is 0.444 e. The maximum atomic E-state index is 11.9. The lowest BCUT2D eigenvalue weighted by molar-refractivity contribution is 0.0635. The fraction of sp³-hybridized carbons (Fsp3) is 0.533. The van der Waals surface area contributed by atoms with Crippen molar-refractivity contribution >= 4 is 23.4 Å². The molecule has 0 radical (unpaired) electrons. The fourth-order valence-corrected chi connectivity index (χ4v) is 1.93. The van der Waals surface area contributed by atoms with Gasteiger partial charge in [0.1, 0.15) is 5.60 Å². The molecule has 0 bridgehead atoms. The van der Waals surface area contributed by atoms with Crippen molar-refractivity contribution in [3.8, 4) is 0 Å². The lowest BCUT2D eigenvalue weighted by Gasteiger charge is -2.24. The molecule has 0 fully saturated rings. The Morgan fingerprint density at radius 3 is 2.52 bits per heavy atom. The molecule has 1 unspecified atom stereocenters. The van der Waals surface area contributed by atoms with Crippen molar-refractivity contribution in [1.82, 2.24) is 0 Å². The van der Waals surface area contributed by atoms with Gasteiger partial charge < -0.3 is 15.6 Å². The normalized spacial score (nSPS) is 14.4. The van der Waals surface area contributed by atoms with Crippen molar-refractivity contribution in [3.63, 3.8) is 0 Å². The number of benzene rings is 1. The van der Waals surface area contributed by atoms with E-state index in [2.05, 4.69) is 5.32 Å². The Bertz CT molecular complexity index is 510. The molecular weight excluding hydrogens is 292 g/mol. The SMILES string of the molecule is CC(N)(CO)Cc1cc(Cl)ccc1NC(=O)OC(C)(C)C. The number of amides is 1. The highest BCUT2D eigenvalue weighted by molar-refractivity contribution is 6.30. The topological polar surface area (TPSA) is 84.6 Å². The van der Waals surface area contributed by atoms with Gasteiger partial charge in [0, 0.05) is 16.2 Å². The number of carbonyl (C=O) groups excluding carboxylic acids is 1. The number of rotatable bonds is 4. The van der Waals surface area contributed by atoms with Crippen LogP contribution < -0.4 is 11.1 Å². The zero-order valence-electron chi connectivity index (χ0n) is 12.9. The molecule has 0 heterocycles. The van der Waals surface area contributed by atoms with Crippen molar-refractivity contribution in [2.75, 3.05) is 11.9 Å². The molecule has 5 nitrogen and oxygen atoms in total. The fourth-order valence-electron chi connectivity index (χ4n) is 1.74. The summed E-state index contributed by atoms with van der Waals surface area (Å²) < 4.78 is 5.22. The molecule has 1 rings (SSSR count). The van der Waals surface area contributed by atoms with Crippen LogP contribution in [0.1, 0.15) is 33.3 Å². The van der Waals surface area contributed by atoms with Crippen LogP contribution in [0.3, 0.4) is 0 Å². The number of nitrogens with one attached hydrogen (secondary N) is 1. The molecule has 1 aromatic carbocycles. The molecule has 0 spiro atoms. The lowest BCUT2D eigenvalue weighted by atomic mass is 9.94. The molecule has 6 heteroatoms. The van der Waals surface area contributed by atoms with Crippen molar-refractivity contribution in [3.05, 3.63) is 28.8 Å². The summed E-state index contributed by atoms with van der Waals surface area (Å²) >= 11 is 5.98. The minimum absolute atomic E-state index is 0.175. The van der Waals surface area contributed by atoms with Crippen molar-refractivity contribution in [2.45, 2.75) is 45.3 Å². The molecule has 21 heavy (non-hydrogen) atoms. The molecule has 0 aliphatic carbocycles. The quantitative estimate of drug-likeness (QED) is 0.797. The van der Waals surface area contributed by atoms with Gasteiger partial charge in [-0.2, -0.15) is 0 Å². The van der Waals surface area contributed by atoms with E-state index < -0.39 is 17.2 Å². The number of anilines is 1. The summed E-state index contributed by atoms with van der Waals surface area (Å²) in [7, 11) is 0. The summed E-state index contributed by atoms with van der Waals surface area (Å²) in [6, 6.07) is 5.08. The third-order valence-electron chi connectivity index (χ3n) is 2.66. The van der Waals surface area contributed by atoms with Crippen LogP contribution in [0.15, 0.2) is 18.2 Å². The molecule has 0 saturated heterocycles. The van der Waals surface area contributed by atoms with Gasteiger partial charge in [-0.05, 0) is 57.9 Å². The maximum absolute atomic E-state index is 11.9. The minimum atomic E-state index is -0.797. The summed E-state index contributed by atoms with van der Waals surface area (Å²) in [6.07, 6.45) is -0.177. The third kappa shape index (κ3) is 6.33. The molecule has 0 aromatic heterocycles. The minimum Gasteiger partial charge on any atom is -0.444 e. The van der Waals surface area contributed by atoms with Crippen LogP contribution in [0.25, 0.3) is 0 Å². The van der Waals surface area contributed by atoms with Crippen molar-refractivity contribution < 1.29 is 14.6 Å². The second kappa shape index (κ2) is 6.64. The zero-order chi connectivity index (χ0) is 16.3. The van der Waals surface area contributed by atoms with Gasteiger partial charge in [-0.15, -0.1) is 0 Å². The number of nitrogens with two attached hydrogens (primary N) is 1. The molecule has 118 valence electrons. The highest BCUT2D eigenvalue weighted by atomic mass is 35.5. The van der Waals surface area contributed by atoms with Crippen molar-refractivity contribution in [2.24, 2.45) is 5.73 Å². The van der Waals surface area contributed by atoms with Crippen molar-refractivity contribution in [1.29, 1.82) is 0 Å². The van der Waals surface area contributed by atoms with E-state index >= 15 is 0 Å². The molecule has 1 amide bonds. The first-order valence-corrected chi connectivity index (χ1v) is 7.08. The third-order valence-corrected chi connectivity index (χ3v) is 2.89. The van der Waals surface area contributed by atoms with E-state index in [-0.39, 0.29) is 6.61 Å². The van der Waals surface area contributed by atoms with Crippen LogP contribution in [-0.4, -0.2) is 28.9 Å². The average molecular weight is 315 g/mol. The number of hydrogen-bond donors (Lipinski definition) is 3. The van der Waals surface area contributed by atoms with Gasteiger partial charge in [0.25, 0.3) is 0 Å². The molecule has 1 atom stereocenters. The highest BCUT2D eigenvalue weighted by Crippen LogP contribution is 2.24. The number of halogens is 1. The van der Waals surface area contributed by atoms with Crippen LogP contribution >= 0.6 is 11.6 Å². The summed E-state index contributed by atoms with van der Waals surface area (Å²) in [5.74, 6) is 0. The van der Waals surface area contributed by atoms with Gasteiger partial charge in [0.15, 0.2) is 0 Å². The Hall–Kier alpha value is -1.30. The van der Waals surface area contributed by atoms with Gasteiger partial charge in [-0.1, -0.05) is 11.6 Å². The second-order valence-electron chi connectivity index (χ2n) is 6.42. The molecule has 0 saturated carbocycles. The average Bonchev–Trinajstić information content (AvgIpc) is 2.30. The highest BCUT2D eigenvalue weighted by Gasteiger charge is 2.22. The molecule has 4 N–H and O–H groups in total. The molecule has 0 aliphatic rings.